The number of carbonyl (C=O) groups excluding carboxylic acids is 2. The maximum absolute atomic E-state index is 12.7. The topological polar surface area (TPSA) is 80.3 Å². The van der Waals surface area contributed by atoms with Crippen LogP contribution in [0.3, 0.4) is 0 Å². The van der Waals surface area contributed by atoms with Crippen molar-refractivity contribution in [3.8, 4) is 11.6 Å². The number of rotatable bonds is 4. The molecular weight excluding hydrogens is 494 g/mol. The van der Waals surface area contributed by atoms with Crippen molar-refractivity contribution in [2.75, 3.05) is 5.32 Å². The summed E-state index contributed by atoms with van der Waals surface area (Å²) < 4.78 is 43.5. The number of pyridine rings is 1. The molecule has 1 heterocycles. The lowest BCUT2D eigenvalue weighted by atomic mass is 10.2. The molecule has 166 valence electrons. The van der Waals surface area contributed by atoms with Crippen LogP contribution in [0, 0.1) is 0 Å². The van der Waals surface area contributed by atoms with Crippen molar-refractivity contribution < 1.29 is 27.5 Å². The maximum atomic E-state index is 12.7. The van der Waals surface area contributed by atoms with Gasteiger partial charge in [-0.3, -0.25) is 10.1 Å². The van der Waals surface area contributed by atoms with Crippen LogP contribution in [-0.2, 0) is 6.18 Å². The molecule has 0 aliphatic rings. The van der Waals surface area contributed by atoms with Crippen LogP contribution in [0.15, 0.2) is 54.7 Å². The molecular formula is C20H11Cl3F3N3O3. The van der Waals surface area contributed by atoms with Gasteiger partial charge in [0.15, 0.2) is 0 Å². The fourth-order valence-corrected chi connectivity index (χ4v) is 3.22. The number of nitrogens with one attached hydrogen (secondary N) is 2. The molecule has 1 aromatic heterocycles. The summed E-state index contributed by atoms with van der Waals surface area (Å²) in [6.07, 6.45) is -3.33. The number of carbonyl (C=O) groups is 2. The summed E-state index contributed by atoms with van der Waals surface area (Å²) >= 11 is 17.7. The molecule has 6 nitrogen and oxygen atoms in total. The number of hydrogen-bond acceptors (Lipinski definition) is 4. The van der Waals surface area contributed by atoms with E-state index in [2.05, 4.69) is 15.6 Å². The number of urea groups is 1. The molecule has 0 radical (unpaired) electrons. The van der Waals surface area contributed by atoms with E-state index >= 15 is 0 Å². The van der Waals surface area contributed by atoms with Gasteiger partial charge in [0, 0.05) is 6.07 Å². The Bertz CT molecular complexity index is 1150. The average molecular weight is 505 g/mol. The number of alkyl halides is 3. The Balaban J connectivity index is 1.62. The van der Waals surface area contributed by atoms with Gasteiger partial charge >= 0.3 is 12.2 Å². The molecule has 2 N–H and O–H groups in total. The molecule has 0 aliphatic carbocycles. The number of hydrogen-bond donors (Lipinski definition) is 2. The molecule has 0 aliphatic heterocycles. The lowest BCUT2D eigenvalue weighted by Gasteiger charge is -2.11. The normalized spacial score (nSPS) is 11.1. The summed E-state index contributed by atoms with van der Waals surface area (Å²) in [5, 5.41) is 4.36. The lowest BCUT2D eigenvalue weighted by molar-refractivity contribution is -0.137. The van der Waals surface area contributed by atoms with Gasteiger partial charge in [-0.1, -0.05) is 40.9 Å². The van der Waals surface area contributed by atoms with Crippen LogP contribution in [0.4, 0.5) is 23.7 Å². The van der Waals surface area contributed by atoms with Crippen LogP contribution in [0.2, 0.25) is 15.1 Å². The van der Waals surface area contributed by atoms with Crippen molar-refractivity contribution >= 4 is 52.4 Å². The third-order valence-corrected chi connectivity index (χ3v) is 4.81. The molecule has 2 aromatic carbocycles. The van der Waals surface area contributed by atoms with Gasteiger partial charge in [-0.2, -0.15) is 13.2 Å². The fraction of sp³-hybridized carbons (Fsp3) is 0.0500. The van der Waals surface area contributed by atoms with Gasteiger partial charge in [-0.15, -0.1) is 0 Å². The van der Waals surface area contributed by atoms with Crippen LogP contribution in [0.1, 0.15) is 15.9 Å². The minimum absolute atomic E-state index is 0.0107. The third-order valence-electron chi connectivity index (χ3n) is 3.88. The first kappa shape index (κ1) is 23.6. The van der Waals surface area contributed by atoms with E-state index in [-0.39, 0.29) is 37.9 Å². The van der Waals surface area contributed by atoms with Gasteiger partial charge in [-0.25, -0.2) is 9.78 Å². The first-order valence-corrected chi connectivity index (χ1v) is 9.75. The molecule has 0 atom stereocenters. The van der Waals surface area contributed by atoms with E-state index in [0.717, 1.165) is 18.2 Å². The second kappa shape index (κ2) is 9.64. The highest BCUT2D eigenvalue weighted by Gasteiger charge is 2.31. The largest absolute Gasteiger partial charge is 0.437 e. The van der Waals surface area contributed by atoms with Gasteiger partial charge < -0.3 is 10.1 Å². The quantitative estimate of drug-likeness (QED) is 0.409. The highest BCUT2D eigenvalue weighted by molar-refractivity contribution is 6.40. The first-order valence-electron chi connectivity index (χ1n) is 8.61. The summed E-state index contributed by atoms with van der Waals surface area (Å²) in [6, 6.07) is 8.95. The summed E-state index contributed by atoms with van der Waals surface area (Å²) in [7, 11) is 0. The average Bonchev–Trinajstić information content (AvgIpc) is 2.70. The van der Waals surface area contributed by atoms with Crippen molar-refractivity contribution in [3.05, 3.63) is 80.9 Å². The van der Waals surface area contributed by atoms with Crippen molar-refractivity contribution in [1.82, 2.24) is 10.3 Å². The molecule has 32 heavy (non-hydrogen) atoms. The Labute approximate surface area is 194 Å². The van der Waals surface area contributed by atoms with Gasteiger partial charge in [-0.05, 0) is 36.4 Å². The Kier molecular flexibility index (Phi) is 7.12. The van der Waals surface area contributed by atoms with Crippen LogP contribution in [0.5, 0.6) is 11.6 Å². The highest BCUT2D eigenvalue weighted by atomic mass is 35.5. The molecule has 0 fully saturated rings. The zero-order chi connectivity index (χ0) is 23.5. The van der Waals surface area contributed by atoms with Gasteiger partial charge in [0.2, 0.25) is 5.88 Å². The van der Waals surface area contributed by atoms with Crippen molar-refractivity contribution in [3.63, 3.8) is 0 Å². The number of halogens is 6. The molecule has 0 unspecified atom stereocenters. The number of anilines is 1. The SMILES string of the molecule is O=C(NC(=O)c1c(Cl)cccc1Cl)Nc1ccc(Oc2ccc(C(F)(F)F)cc2Cl)nc1. The van der Waals surface area contributed by atoms with Crippen molar-refractivity contribution in [2.45, 2.75) is 6.18 Å². The molecule has 3 amide bonds. The van der Waals surface area contributed by atoms with E-state index in [1.165, 1.54) is 30.5 Å². The molecule has 0 spiro atoms. The second-order valence-electron chi connectivity index (χ2n) is 6.14. The molecule has 0 saturated heterocycles. The summed E-state index contributed by atoms with van der Waals surface area (Å²) in [4.78, 5) is 28.2. The van der Waals surface area contributed by atoms with Gasteiger partial charge in [0.05, 0.1) is 38.1 Å². The van der Waals surface area contributed by atoms with Crippen LogP contribution < -0.4 is 15.4 Å². The number of aromatic nitrogens is 1. The fourth-order valence-electron chi connectivity index (χ4n) is 2.43. The summed E-state index contributed by atoms with van der Waals surface area (Å²) in [6.45, 7) is 0. The van der Waals surface area contributed by atoms with Crippen LogP contribution in [0.25, 0.3) is 0 Å². The third kappa shape index (κ3) is 5.82. The zero-order valence-electron chi connectivity index (χ0n) is 15.6. The van der Waals surface area contributed by atoms with E-state index in [9.17, 15) is 22.8 Å². The Morgan fingerprint density at radius 2 is 1.62 bits per heavy atom. The Morgan fingerprint density at radius 1 is 0.938 bits per heavy atom. The lowest BCUT2D eigenvalue weighted by Crippen LogP contribution is -2.34. The number of benzene rings is 2. The predicted octanol–water partition coefficient (Wildman–Crippen LogP) is 6.81. The standard InChI is InChI=1S/C20H11Cl3F3N3O3/c21-12-2-1-3-13(22)17(12)18(30)29-19(31)28-11-5-7-16(27-9-11)32-15-6-4-10(8-14(15)23)20(24,25)26/h1-9H,(H2,28,29,30,31). The smallest absolute Gasteiger partial charge is 0.416 e. The summed E-state index contributed by atoms with van der Waals surface area (Å²) in [5.41, 5.74) is -0.770. The van der Waals surface area contributed by atoms with E-state index in [1.807, 2.05) is 0 Å². The monoisotopic (exact) mass is 503 g/mol. The van der Waals surface area contributed by atoms with E-state index in [0.29, 0.717) is 0 Å². The highest BCUT2D eigenvalue weighted by Crippen LogP contribution is 2.36. The van der Waals surface area contributed by atoms with E-state index in [4.69, 9.17) is 39.5 Å². The van der Waals surface area contributed by atoms with Crippen LogP contribution in [-0.4, -0.2) is 16.9 Å². The predicted molar refractivity (Wildman–Crippen MR) is 114 cm³/mol. The number of amides is 3. The Morgan fingerprint density at radius 3 is 2.19 bits per heavy atom. The number of imide groups is 1. The molecule has 0 saturated carbocycles. The van der Waals surface area contributed by atoms with Crippen molar-refractivity contribution in [2.24, 2.45) is 0 Å². The molecule has 3 aromatic rings. The van der Waals surface area contributed by atoms with Gasteiger partial charge in [0.25, 0.3) is 5.91 Å². The zero-order valence-corrected chi connectivity index (χ0v) is 17.9. The van der Waals surface area contributed by atoms with Crippen LogP contribution >= 0.6 is 34.8 Å². The number of ether oxygens (including phenoxy) is 1. The number of nitrogens with zero attached hydrogens (tertiary/aromatic N) is 1. The Hall–Kier alpha value is -3.01. The molecule has 0 bridgehead atoms. The minimum atomic E-state index is -4.53. The molecule has 12 heteroatoms. The second-order valence-corrected chi connectivity index (χ2v) is 7.36. The van der Waals surface area contributed by atoms with Gasteiger partial charge in [0.1, 0.15) is 5.75 Å². The summed E-state index contributed by atoms with van der Waals surface area (Å²) in [5.74, 6) is -0.827. The maximum Gasteiger partial charge on any atom is 0.416 e. The minimum Gasteiger partial charge on any atom is -0.437 e. The molecule has 3 rings (SSSR count). The van der Waals surface area contributed by atoms with E-state index in [1.54, 1.807) is 6.07 Å². The van der Waals surface area contributed by atoms with Crippen molar-refractivity contribution in [1.29, 1.82) is 0 Å². The van der Waals surface area contributed by atoms with E-state index < -0.39 is 23.7 Å². The first-order chi connectivity index (χ1) is 15.0.